The van der Waals surface area contributed by atoms with E-state index in [2.05, 4.69) is 5.32 Å². The lowest BCUT2D eigenvalue weighted by Gasteiger charge is -2.23. The molecule has 8 nitrogen and oxygen atoms in total. The number of unbranched alkanes of at least 4 members (excludes halogenated alkanes) is 1. The molecule has 0 bridgehead atoms. The molecule has 0 aromatic heterocycles. The number of hydrogen-bond donors (Lipinski definition) is 2. The second-order valence-corrected chi connectivity index (χ2v) is 9.67. The molecule has 0 radical (unpaired) electrons. The number of nitrogens with one attached hydrogen (secondary N) is 1. The molecule has 1 atom stereocenters. The molecular weight excluding hydrogens is 551 g/mol. The number of anilines is 1. The summed E-state index contributed by atoms with van der Waals surface area (Å²) < 4.78 is 29.9. The SMILES string of the molecule is CCOC(Cc1ccc(OCCN(CCCCOCc2ccc(F)cc2)C(=O)Nc2ccccc2Cl)cc1)C(=O)O. The first kappa shape index (κ1) is 31.9. The van der Waals surface area contributed by atoms with Crippen molar-refractivity contribution < 1.29 is 33.3 Å². The van der Waals surface area contributed by atoms with Crippen LogP contribution in [0.5, 0.6) is 5.75 Å². The molecule has 10 heteroatoms. The highest BCUT2D eigenvalue weighted by Crippen LogP contribution is 2.21. The lowest BCUT2D eigenvalue weighted by atomic mass is 10.1. The number of para-hydroxylation sites is 1. The molecule has 3 aromatic carbocycles. The van der Waals surface area contributed by atoms with Crippen LogP contribution in [0.15, 0.2) is 72.8 Å². The fourth-order valence-corrected chi connectivity index (χ4v) is 4.16. The summed E-state index contributed by atoms with van der Waals surface area (Å²) in [4.78, 5) is 26.1. The fraction of sp³-hybridized carbons (Fsp3) is 0.355. The molecule has 0 aliphatic heterocycles. The van der Waals surface area contributed by atoms with Crippen LogP contribution in [0.4, 0.5) is 14.9 Å². The number of hydrogen-bond acceptors (Lipinski definition) is 5. The van der Waals surface area contributed by atoms with E-state index in [0.29, 0.717) is 55.8 Å². The highest BCUT2D eigenvalue weighted by atomic mass is 35.5. The Labute approximate surface area is 245 Å². The third kappa shape index (κ3) is 11.4. The van der Waals surface area contributed by atoms with E-state index in [0.717, 1.165) is 17.5 Å². The monoisotopic (exact) mass is 586 g/mol. The quantitative estimate of drug-likeness (QED) is 0.177. The summed E-state index contributed by atoms with van der Waals surface area (Å²) in [5, 5.41) is 12.6. The van der Waals surface area contributed by atoms with Crippen LogP contribution in [0.1, 0.15) is 30.9 Å². The van der Waals surface area contributed by atoms with E-state index in [9.17, 15) is 19.1 Å². The van der Waals surface area contributed by atoms with Gasteiger partial charge in [0.15, 0.2) is 6.10 Å². The van der Waals surface area contributed by atoms with Crippen molar-refractivity contribution in [3.63, 3.8) is 0 Å². The maximum atomic E-state index is 13.1. The van der Waals surface area contributed by atoms with E-state index in [1.54, 1.807) is 72.5 Å². The number of ether oxygens (including phenoxy) is 3. The Morgan fingerprint density at radius 2 is 1.66 bits per heavy atom. The number of aliphatic carboxylic acids is 1. The third-order valence-electron chi connectivity index (χ3n) is 6.17. The summed E-state index contributed by atoms with van der Waals surface area (Å²) in [6, 6.07) is 20.1. The summed E-state index contributed by atoms with van der Waals surface area (Å²) in [5.41, 5.74) is 2.24. The van der Waals surface area contributed by atoms with Gasteiger partial charge in [0, 0.05) is 26.2 Å². The normalized spacial score (nSPS) is 11.6. The molecule has 0 spiro atoms. The highest BCUT2D eigenvalue weighted by molar-refractivity contribution is 6.33. The van der Waals surface area contributed by atoms with Crippen LogP contribution < -0.4 is 10.1 Å². The number of nitrogens with zero attached hydrogens (tertiary/aromatic N) is 1. The lowest BCUT2D eigenvalue weighted by molar-refractivity contribution is -0.149. The molecule has 0 saturated carbocycles. The molecule has 0 saturated heterocycles. The van der Waals surface area contributed by atoms with Crippen LogP contribution in [0, 0.1) is 5.82 Å². The number of amides is 2. The first-order valence-corrected chi connectivity index (χ1v) is 13.9. The first-order valence-electron chi connectivity index (χ1n) is 13.5. The molecule has 1 unspecified atom stereocenters. The molecular formula is C31H36ClFN2O6. The Kier molecular flexibility index (Phi) is 13.4. The molecule has 0 fully saturated rings. The predicted octanol–water partition coefficient (Wildman–Crippen LogP) is 6.42. The molecule has 0 aliphatic rings. The Balaban J connectivity index is 1.49. The van der Waals surface area contributed by atoms with E-state index < -0.39 is 12.1 Å². The Hall–Kier alpha value is -3.66. The number of carbonyl (C=O) groups excluding carboxylic acids is 1. The van der Waals surface area contributed by atoms with Crippen molar-refractivity contribution in [3.8, 4) is 5.75 Å². The number of halogens is 2. The minimum atomic E-state index is -0.998. The van der Waals surface area contributed by atoms with Gasteiger partial charge in [0.25, 0.3) is 0 Å². The van der Waals surface area contributed by atoms with E-state index in [-0.39, 0.29) is 24.9 Å². The molecule has 2 N–H and O–H groups in total. The number of carboxylic acid groups (broad SMARTS) is 1. The molecule has 3 aromatic rings. The minimum Gasteiger partial charge on any atom is -0.492 e. The molecule has 0 heterocycles. The summed E-state index contributed by atoms with van der Waals surface area (Å²) in [6.07, 6.45) is 0.801. The van der Waals surface area contributed by atoms with Crippen LogP contribution in [-0.2, 0) is 27.3 Å². The summed E-state index contributed by atoms with van der Waals surface area (Å²) >= 11 is 6.22. The third-order valence-corrected chi connectivity index (χ3v) is 6.50. The molecule has 41 heavy (non-hydrogen) atoms. The van der Waals surface area contributed by atoms with Gasteiger partial charge < -0.3 is 29.5 Å². The van der Waals surface area contributed by atoms with Crippen molar-refractivity contribution in [2.75, 3.05) is 38.2 Å². The van der Waals surface area contributed by atoms with Crippen LogP contribution in [0.3, 0.4) is 0 Å². The lowest BCUT2D eigenvalue weighted by Crippen LogP contribution is -2.38. The number of urea groups is 1. The fourth-order valence-electron chi connectivity index (χ4n) is 3.98. The number of benzene rings is 3. The number of carboxylic acids is 1. The van der Waals surface area contributed by atoms with Crippen molar-refractivity contribution in [3.05, 3.63) is 94.8 Å². The van der Waals surface area contributed by atoms with Crippen molar-refractivity contribution in [1.82, 2.24) is 4.90 Å². The Morgan fingerprint density at radius 1 is 0.951 bits per heavy atom. The van der Waals surface area contributed by atoms with Gasteiger partial charge in [-0.05, 0) is 67.3 Å². The number of carbonyl (C=O) groups is 2. The average molecular weight is 587 g/mol. The van der Waals surface area contributed by atoms with Gasteiger partial charge in [-0.15, -0.1) is 0 Å². The first-order chi connectivity index (χ1) is 19.9. The van der Waals surface area contributed by atoms with Gasteiger partial charge in [-0.3, -0.25) is 0 Å². The van der Waals surface area contributed by atoms with Gasteiger partial charge in [0.2, 0.25) is 0 Å². The van der Waals surface area contributed by atoms with Crippen LogP contribution in [0.2, 0.25) is 5.02 Å². The van der Waals surface area contributed by atoms with Crippen LogP contribution >= 0.6 is 11.6 Å². The van der Waals surface area contributed by atoms with Gasteiger partial charge in [-0.1, -0.05) is 48.0 Å². The number of rotatable bonds is 17. The molecule has 0 aliphatic carbocycles. The second-order valence-electron chi connectivity index (χ2n) is 9.26. The standard InChI is InChI=1S/C31H36ClFN2O6/c1-2-40-29(30(36)37)21-23-11-15-26(16-12-23)41-20-18-35(31(38)34-28-8-4-3-7-27(28)32)17-5-6-19-39-22-24-9-13-25(33)14-10-24/h3-4,7-16,29H,2,5-6,17-22H2,1H3,(H,34,38)(H,36,37). The van der Waals surface area contributed by atoms with Gasteiger partial charge in [-0.2, -0.15) is 0 Å². The molecule has 3 rings (SSSR count). The van der Waals surface area contributed by atoms with Gasteiger partial charge in [-0.25, -0.2) is 14.0 Å². The molecule has 2 amide bonds. The van der Waals surface area contributed by atoms with E-state index in [1.807, 2.05) is 0 Å². The van der Waals surface area contributed by atoms with Crippen LogP contribution in [0.25, 0.3) is 0 Å². The minimum absolute atomic E-state index is 0.257. The van der Waals surface area contributed by atoms with E-state index in [4.69, 9.17) is 25.8 Å². The Morgan fingerprint density at radius 3 is 2.34 bits per heavy atom. The largest absolute Gasteiger partial charge is 0.492 e. The molecule has 220 valence electrons. The average Bonchev–Trinajstić information content (AvgIpc) is 2.96. The van der Waals surface area contributed by atoms with Crippen molar-refractivity contribution in [2.45, 2.75) is 38.9 Å². The van der Waals surface area contributed by atoms with E-state index in [1.165, 1.54) is 12.1 Å². The van der Waals surface area contributed by atoms with Gasteiger partial charge in [0.1, 0.15) is 18.2 Å². The van der Waals surface area contributed by atoms with Crippen molar-refractivity contribution in [1.29, 1.82) is 0 Å². The van der Waals surface area contributed by atoms with Gasteiger partial charge >= 0.3 is 12.0 Å². The smallest absolute Gasteiger partial charge is 0.333 e. The maximum absolute atomic E-state index is 13.1. The van der Waals surface area contributed by atoms with Crippen molar-refractivity contribution >= 4 is 29.3 Å². The zero-order chi connectivity index (χ0) is 29.5. The zero-order valence-corrected chi connectivity index (χ0v) is 23.8. The summed E-state index contributed by atoms with van der Waals surface area (Å²) in [7, 11) is 0. The zero-order valence-electron chi connectivity index (χ0n) is 23.1. The van der Waals surface area contributed by atoms with Crippen LogP contribution in [-0.4, -0.2) is 61.0 Å². The summed E-state index contributed by atoms with van der Waals surface area (Å²) in [5.74, 6) is -0.671. The second kappa shape index (κ2) is 17.2. The van der Waals surface area contributed by atoms with Gasteiger partial charge in [0.05, 0.1) is 23.9 Å². The van der Waals surface area contributed by atoms with E-state index >= 15 is 0 Å². The topological polar surface area (TPSA) is 97.3 Å². The Bertz CT molecular complexity index is 1230. The maximum Gasteiger partial charge on any atom is 0.333 e. The van der Waals surface area contributed by atoms with Crippen molar-refractivity contribution in [2.24, 2.45) is 0 Å². The highest BCUT2D eigenvalue weighted by Gasteiger charge is 2.18. The predicted molar refractivity (Wildman–Crippen MR) is 156 cm³/mol. The summed E-state index contributed by atoms with van der Waals surface area (Å²) in [6.45, 7) is 4.05.